The summed E-state index contributed by atoms with van der Waals surface area (Å²) in [5.41, 5.74) is 1.44. The predicted octanol–water partition coefficient (Wildman–Crippen LogP) is 2.83. The van der Waals surface area contributed by atoms with Gasteiger partial charge >= 0.3 is 0 Å². The summed E-state index contributed by atoms with van der Waals surface area (Å²) in [5.74, 6) is 1.01. The number of nitrogens with zero attached hydrogens (tertiary/aromatic N) is 1. The smallest absolute Gasteiger partial charge is 0.124 e. The third-order valence-corrected chi connectivity index (χ3v) is 4.68. The van der Waals surface area contributed by atoms with E-state index in [1.165, 1.54) is 5.56 Å². The van der Waals surface area contributed by atoms with Crippen LogP contribution in [0, 0.1) is 0 Å². The Hall–Kier alpha value is -1.06. The van der Waals surface area contributed by atoms with Crippen LogP contribution in [0.3, 0.4) is 0 Å². The van der Waals surface area contributed by atoms with Gasteiger partial charge in [0.05, 0.1) is 12.1 Å². The van der Waals surface area contributed by atoms with Crippen molar-refractivity contribution in [2.45, 2.75) is 44.8 Å². The highest BCUT2D eigenvalue weighted by atomic mass is 16.5. The number of hydrogen-bond acceptors (Lipinski definition) is 3. The lowest BCUT2D eigenvalue weighted by molar-refractivity contribution is 0.0342. The Balaban J connectivity index is 2.29. The van der Waals surface area contributed by atoms with Gasteiger partial charge in [0.25, 0.3) is 0 Å². The van der Waals surface area contributed by atoms with Crippen molar-refractivity contribution in [3.63, 3.8) is 0 Å². The van der Waals surface area contributed by atoms with E-state index in [0.29, 0.717) is 12.1 Å². The van der Waals surface area contributed by atoms with E-state index in [2.05, 4.69) is 56.2 Å². The zero-order valence-electron chi connectivity index (χ0n) is 12.7. The molecule has 0 spiro atoms. The summed E-state index contributed by atoms with van der Waals surface area (Å²) >= 11 is 0. The molecule has 1 heterocycles. The molecule has 0 fully saturated rings. The molecule has 0 aromatic heterocycles. The number of benzene rings is 1. The summed E-state index contributed by atoms with van der Waals surface area (Å²) < 4.78 is 5.95. The molecule has 0 aliphatic carbocycles. The number of rotatable bonds is 4. The number of nitrogens with one attached hydrogen (secondary N) is 1. The molecule has 2 unspecified atom stereocenters. The Labute approximate surface area is 116 Å². The molecule has 0 bridgehead atoms. The van der Waals surface area contributed by atoms with Crippen molar-refractivity contribution >= 4 is 0 Å². The minimum Gasteiger partial charge on any atom is -0.492 e. The van der Waals surface area contributed by atoms with Gasteiger partial charge in [-0.05, 0) is 40.4 Å². The zero-order chi connectivity index (χ0) is 14.0. The Kier molecular flexibility index (Phi) is 4.16. The second-order valence-electron chi connectivity index (χ2n) is 5.96. The van der Waals surface area contributed by atoms with Crippen LogP contribution in [0.25, 0.3) is 0 Å². The Morgan fingerprint density at radius 1 is 1.37 bits per heavy atom. The highest BCUT2D eigenvalue weighted by Gasteiger charge is 2.37. The molecule has 2 rings (SSSR count). The van der Waals surface area contributed by atoms with E-state index >= 15 is 0 Å². The van der Waals surface area contributed by atoms with Crippen LogP contribution >= 0.6 is 0 Å². The summed E-state index contributed by atoms with van der Waals surface area (Å²) in [6.45, 7) is 7.56. The summed E-state index contributed by atoms with van der Waals surface area (Å²) in [6, 6.07) is 9.01. The molecule has 0 amide bonds. The fourth-order valence-electron chi connectivity index (χ4n) is 2.73. The second-order valence-corrected chi connectivity index (χ2v) is 5.96. The molecular weight excluding hydrogens is 236 g/mol. The molecular formula is C16H26N2O. The number of likely N-dealkylation sites (N-methyl/N-ethyl adjacent to an activating group) is 2. The monoisotopic (exact) mass is 262 g/mol. The predicted molar refractivity (Wildman–Crippen MR) is 79.7 cm³/mol. The van der Waals surface area contributed by atoms with Gasteiger partial charge in [-0.1, -0.05) is 25.1 Å². The summed E-state index contributed by atoms with van der Waals surface area (Å²) in [4.78, 5) is 2.45. The first-order valence-corrected chi connectivity index (χ1v) is 7.13. The lowest BCUT2D eigenvalue weighted by Gasteiger charge is -2.46. The molecule has 3 heteroatoms. The third kappa shape index (κ3) is 2.63. The molecule has 1 aliphatic rings. The van der Waals surface area contributed by atoms with Gasteiger partial charge in [0.2, 0.25) is 0 Å². The van der Waals surface area contributed by atoms with Crippen molar-refractivity contribution in [2.75, 3.05) is 20.7 Å². The van der Waals surface area contributed by atoms with Crippen molar-refractivity contribution < 1.29 is 4.74 Å². The standard InChI is InChI=1S/C16H26N2O/c1-6-16(2,3)18(5)13-11-19-14-10-8-7-9-12(14)15(13)17-4/h7-10,13,15,17H,6,11H2,1-5H3. The Morgan fingerprint density at radius 3 is 2.68 bits per heavy atom. The quantitative estimate of drug-likeness (QED) is 0.903. The minimum atomic E-state index is 0.176. The molecule has 0 saturated heterocycles. The van der Waals surface area contributed by atoms with Crippen LogP contribution in [-0.2, 0) is 0 Å². The van der Waals surface area contributed by atoms with Crippen LogP contribution in [0.2, 0.25) is 0 Å². The normalized spacial score (nSPS) is 23.1. The molecule has 0 radical (unpaired) electrons. The van der Waals surface area contributed by atoms with Crippen LogP contribution in [-0.4, -0.2) is 37.2 Å². The molecule has 106 valence electrons. The number of ether oxygens (including phenoxy) is 1. The fourth-order valence-corrected chi connectivity index (χ4v) is 2.73. The van der Waals surface area contributed by atoms with Gasteiger partial charge in [0, 0.05) is 11.1 Å². The first-order chi connectivity index (χ1) is 9.01. The topological polar surface area (TPSA) is 24.5 Å². The fraction of sp³-hybridized carbons (Fsp3) is 0.625. The largest absolute Gasteiger partial charge is 0.492 e. The van der Waals surface area contributed by atoms with Crippen molar-refractivity contribution in [2.24, 2.45) is 0 Å². The molecule has 1 aromatic rings. The van der Waals surface area contributed by atoms with E-state index in [0.717, 1.165) is 18.8 Å². The van der Waals surface area contributed by atoms with Crippen molar-refractivity contribution in [1.29, 1.82) is 0 Å². The average Bonchev–Trinajstić information content (AvgIpc) is 2.45. The van der Waals surface area contributed by atoms with E-state index < -0.39 is 0 Å². The van der Waals surface area contributed by atoms with Gasteiger partial charge in [-0.15, -0.1) is 0 Å². The van der Waals surface area contributed by atoms with Gasteiger partial charge in [-0.3, -0.25) is 4.90 Å². The van der Waals surface area contributed by atoms with Gasteiger partial charge < -0.3 is 10.1 Å². The molecule has 1 aliphatic heterocycles. The van der Waals surface area contributed by atoms with Gasteiger partial charge in [0.15, 0.2) is 0 Å². The zero-order valence-corrected chi connectivity index (χ0v) is 12.7. The first kappa shape index (κ1) is 14.4. The highest BCUT2D eigenvalue weighted by molar-refractivity contribution is 5.38. The average molecular weight is 262 g/mol. The first-order valence-electron chi connectivity index (χ1n) is 7.13. The maximum Gasteiger partial charge on any atom is 0.124 e. The minimum absolute atomic E-state index is 0.176. The molecule has 1 N–H and O–H groups in total. The summed E-state index contributed by atoms with van der Waals surface area (Å²) in [5, 5.41) is 3.47. The van der Waals surface area contributed by atoms with Crippen LogP contribution < -0.4 is 10.1 Å². The molecule has 1 aromatic carbocycles. The van der Waals surface area contributed by atoms with Crippen molar-refractivity contribution in [3.05, 3.63) is 29.8 Å². The maximum absolute atomic E-state index is 5.95. The lowest BCUT2D eigenvalue weighted by atomic mass is 9.90. The molecule has 0 saturated carbocycles. The van der Waals surface area contributed by atoms with Crippen LogP contribution in [0.15, 0.2) is 24.3 Å². The van der Waals surface area contributed by atoms with E-state index in [9.17, 15) is 0 Å². The van der Waals surface area contributed by atoms with E-state index in [4.69, 9.17) is 4.74 Å². The van der Waals surface area contributed by atoms with E-state index in [-0.39, 0.29) is 5.54 Å². The van der Waals surface area contributed by atoms with Crippen molar-refractivity contribution in [3.8, 4) is 5.75 Å². The van der Waals surface area contributed by atoms with Gasteiger partial charge in [0.1, 0.15) is 12.4 Å². The van der Waals surface area contributed by atoms with Crippen LogP contribution in [0.5, 0.6) is 5.75 Å². The lowest BCUT2D eigenvalue weighted by Crippen LogP contribution is -2.55. The third-order valence-electron chi connectivity index (χ3n) is 4.68. The Morgan fingerprint density at radius 2 is 2.05 bits per heavy atom. The van der Waals surface area contributed by atoms with Gasteiger partial charge in [-0.25, -0.2) is 0 Å². The second kappa shape index (κ2) is 5.51. The number of para-hydroxylation sites is 1. The summed E-state index contributed by atoms with van der Waals surface area (Å²) in [7, 11) is 4.24. The van der Waals surface area contributed by atoms with Crippen LogP contribution in [0.1, 0.15) is 38.8 Å². The maximum atomic E-state index is 5.95. The van der Waals surface area contributed by atoms with Crippen molar-refractivity contribution in [1.82, 2.24) is 10.2 Å². The van der Waals surface area contributed by atoms with Gasteiger partial charge in [-0.2, -0.15) is 0 Å². The molecule has 3 nitrogen and oxygen atoms in total. The van der Waals surface area contributed by atoms with E-state index in [1.807, 2.05) is 13.1 Å². The van der Waals surface area contributed by atoms with Crippen LogP contribution in [0.4, 0.5) is 0 Å². The SMILES string of the molecule is CCC(C)(C)N(C)C1COc2ccccc2C1NC. The highest BCUT2D eigenvalue weighted by Crippen LogP contribution is 2.35. The molecule has 19 heavy (non-hydrogen) atoms. The number of fused-ring (bicyclic) bond motifs is 1. The number of hydrogen-bond donors (Lipinski definition) is 1. The Bertz CT molecular complexity index is 431. The van der Waals surface area contributed by atoms with E-state index in [1.54, 1.807) is 0 Å². The summed E-state index contributed by atoms with van der Waals surface area (Å²) in [6.07, 6.45) is 1.12. The molecule has 2 atom stereocenters.